The van der Waals surface area contributed by atoms with Gasteiger partial charge in [-0.1, -0.05) is 12.1 Å². The first-order valence-electron chi connectivity index (χ1n) is 10.7. The van der Waals surface area contributed by atoms with E-state index in [1.54, 1.807) is 24.7 Å². The second kappa shape index (κ2) is 7.74. The number of likely N-dealkylation sites (tertiary alicyclic amines) is 1. The Balaban J connectivity index is 1.37. The van der Waals surface area contributed by atoms with Gasteiger partial charge >= 0.3 is 5.97 Å². The van der Waals surface area contributed by atoms with Crippen molar-refractivity contribution in [3.05, 3.63) is 65.6 Å². The van der Waals surface area contributed by atoms with Crippen molar-refractivity contribution in [2.45, 2.75) is 38.3 Å². The first kappa shape index (κ1) is 20.2. The number of ether oxygens (including phenoxy) is 1. The Morgan fingerprint density at radius 3 is 2.75 bits per heavy atom. The van der Waals surface area contributed by atoms with E-state index in [2.05, 4.69) is 20.5 Å². The number of esters is 1. The van der Waals surface area contributed by atoms with Gasteiger partial charge in [-0.3, -0.25) is 4.79 Å². The van der Waals surface area contributed by atoms with Crippen molar-refractivity contribution in [1.29, 1.82) is 0 Å². The molecule has 1 fully saturated rings. The molecule has 0 saturated carbocycles. The summed E-state index contributed by atoms with van der Waals surface area (Å²) in [7, 11) is 0. The van der Waals surface area contributed by atoms with Crippen LogP contribution in [0, 0.1) is 0 Å². The molecule has 5 rings (SSSR count). The highest BCUT2D eigenvalue weighted by Gasteiger charge is 2.40. The van der Waals surface area contributed by atoms with Crippen LogP contribution in [0.4, 0.5) is 5.82 Å². The lowest BCUT2D eigenvalue weighted by Gasteiger charge is -2.34. The fourth-order valence-corrected chi connectivity index (χ4v) is 4.43. The number of aromatic nitrogens is 4. The summed E-state index contributed by atoms with van der Waals surface area (Å²) < 4.78 is 5.52. The molecule has 0 aliphatic carbocycles. The molecule has 0 radical (unpaired) electrons. The molecule has 9 heteroatoms. The number of para-hydroxylation sites is 1. The highest BCUT2D eigenvalue weighted by atomic mass is 16.6. The van der Waals surface area contributed by atoms with E-state index >= 15 is 0 Å². The number of amides is 1. The van der Waals surface area contributed by atoms with Gasteiger partial charge in [0, 0.05) is 30.9 Å². The smallest absolute Gasteiger partial charge is 0.343 e. The van der Waals surface area contributed by atoms with Gasteiger partial charge < -0.3 is 15.0 Å². The van der Waals surface area contributed by atoms with Crippen LogP contribution in [-0.2, 0) is 10.3 Å². The molecular formula is C23H24N6O3. The summed E-state index contributed by atoms with van der Waals surface area (Å²) in [6.07, 6.45) is 6.57. The Kier molecular flexibility index (Phi) is 4.88. The Labute approximate surface area is 185 Å². The van der Waals surface area contributed by atoms with Crippen molar-refractivity contribution in [3.63, 3.8) is 0 Å². The molecule has 3 aromatic rings. The molecule has 0 spiro atoms. The summed E-state index contributed by atoms with van der Waals surface area (Å²) in [6.45, 7) is 4.90. The van der Waals surface area contributed by atoms with Crippen LogP contribution in [0.1, 0.15) is 53.0 Å². The van der Waals surface area contributed by atoms with E-state index in [1.807, 2.05) is 43.0 Å². The zero-order valence-corrected chi connectivity index (χ0v) is 18.0. The number of pyridine rings is 1. The van der Waals surface area contributed by atoms with E-state index in [0.29, 0.717) is 35.7 Å². The standard InChI is InChI=1S/C23H24N6O3/c1-23(2)17-9-10-24-20(19(17)22(31)32-23)27-15-6-5-13-28(14-15)21(30)16-7-3-4-8-18(16)29-25-11-12-26-29/h3-4,7-12,15H,5-6,13-14H2,1-2H3,(H,24,27). The highest BCUT2D eigenvalue weighted by Crippen LogP contribution is 2.38. The van der Waals surface area contributed by atoms with Gasteiger partial charge in [-0.25, -0.2) is 9.78 Å². The van der Waals surface area contributed by atoms with Gasteiger partial charge in [0.05, 0.1) is 23.6 Å². The van der Waals surface area contributed by atoms with Crippen molar-refractivity contribution in [3.8, 4) is 5.69 Å². The fourth-order valence-electron chi connectivity index (χ4n) is 4.43. The number of cyclic esters (lactones) is 1. The lowest BCUT2D eigenvalue weighted by atomic mass is 9.97. The Bertz CT molecular complexity index is 1170. The normalized spacial score (nSPS) is 19.4. The highest BCUT2D eigenvalue weighted by molar-refractivity contribution is 5.99. The van der Waals surface area contributed by atoms with Crippen molar-refractivity contribution >= 4 is 17.7 Å². The van der Waals surface area contributed by atoms with E-state index < -0.39 is 5.60 Å². The lowest BCUT2D eigenvalue weighted by Crippen LogP contribution is -2.45. The predicted octanol–water partition coefficient (Wildman–Crippen LogP) is 2.78. The lowest BCUT2D eigenvalue weighted by molar-refractivity contribution is 0.00956. The summed E-state index contributed by atoms with van der Waals surface area (Å²) in [5, 5.41) is 11.7. The van der Waals surface area contributed by atoms with Crippen LogP contribution in [-0.4, -0.2) is 55.9 Å². The first-order chi connectivity index (χ1) is 15.4. The van der Waals surface area contributed by atoms with E-state index in [1.165, 1.54) is 4.80 Å². The maximum atomic E-state index is 13.4. The maximum absolute atomic E-state index is 13.4. The van der Waals surface area contributed by atoms with Crippen LogP contribution >= 0.6 is 0 Å². The third kappa shape index (κ3) is 3.49. The number of carbonyl (C=O) groups is 2. The maximum Gasteiger partial charge on any atom is 0.343 e. The van der Waals surface area contributed by atoms with E-state index in [-0.39, 0.29) is 17.9 Å². The van der Waals surface area contributed by atoms with Crippen LogP contribution in [0.3, 0.4) is 0 Å². The molecule has 1 N–H and O–H groups in total. The molecule has 4 heterocycles. The molecular weight excluding hydrogens is 408 g/mol. The summed E-state index contributed by atoms with van der Waals surface area (Å²) in [5.74, 6) is 0.0692. The quantitative estimate of drug-likeness (QED) is 0.633. The van der Waals surface area contributed by atoms with Gasteiger partial charge in [0.25, 0.3) is 5.91 Å². The van der Waals surface area contributed by atoms with Crippen LogP contribution in [0.5, 0.6) is 0 Å². The number of hydrogen-bond donors (Lipinski definition) is 1. The summed E-state index contributed by atoms with van der Waals surface area (Å²) >= 11 is 0. The minimum atomic E-state index is -0.676. The number of nitrogens with one attached hydrogen (secondary N) is 1. The molecule has 1 aromatic carbocycles. The molecule has 32 heavy (non-hydrogen) atoms. The number of hydrogen-bond acceptors (Lipinski definition) is 7. The van der Waals surface area contributed by atoms with Crippen molar-refractivity contribution < 1.29 is 14.3 Å². The number of rotatable bonds is 4. The summed E-state index contributed by atoms with van der Waals surface area (Å²) in [6, 6.07) is 9.11. The zero-order chi connectivity index (χ0) is 22.3. The van der Waals surface area contributed by atoms with E-state index in [9.17, 15) is 9.59 Å². The Hall–Kier alpha value is -3.75. The minimum Gasteiger partial charge on any atom is -0.451 e. The van der Waals surface area contributed by atoms with Crippen molar-refractivity contribution in [2.24, 2.45) is 0 Å². The zero-order valence-electron chi connectivity index (χ0n) is 18.0. The van der Waals surface area contributed by atoms with E-state index in [0.717, 1.165) is 18.4 Å². The molecule has 1 amide bonds. The summed E-state index contributed by atoms with van der Waals surface area (Å²) in [4.78, 5) is 33.5. The van der Waals surface area contributed by atoms with Gasteiger partial charge in [-0.15, -0.1) is 0 Å². The number of nitrogens with zero attached hydrogens (tertiary/aromatic N) is 5. The fraction of sp³-hybridized carbons (Fsp3) is 0.348. The monoisotopic (exact) mass is 432 g/mol. The third-order valence-electron chi connectivity index (χ3n) is 5.97. The molecule has 1 atom stereocenters. The first-order valence-corrected chi connectivity index (χ1v) is 10.7. The van der Waals surface area contributed by atoms with Crippen molar-refractivity contribution in [2.75, 3.05) is 18.4 Å². The van der Waals surface area contributed by atoms with Gasteiger partial charge in [0.15, 0.2) is 0 Å². The van der Waals surface area contributed by atoms with Crippen LogP contribution < -0.4 is 5.32 Å². The molecule has 1 unspecified atom stereocenters. The number of anilines is 1. The van der Waals surface area contributed by atoms with E-state index in [4.69, 9.17) is 4.74 Å². The molecule has 164 valence electrons. The number of piperidine rings is 1. The second-order valence-electron chi connectivity index (χ2n) is 8.55. The van der Waals surface area contributed by atoms with Gasteiger partial charge in [0.1, 0.15) is 17.0 Å². The van der Waals surface area contributed by atoms with Gasteiger partial charge in [-0.2, -0.15) is 15.0 Å². The molecule has 2 aromatic heterocycles. The SMILES string of the molecule is CC1(C)OC(=O)c2c1ccnc2NC1CCCN(C(=O)c2ccccc2-n2nccn2)C1. The average molecular weight is 432 g/mol. The number of benzene rings is 1. The van der Waals surface area contributed by atoms with Crippen molar-refractivity contribution in [1.82, 2.24) is 24.9 Å². The Morgan fingerprint density at radius 2 is 1.94 bits per heavy atom. The van der Waals surface area contributed by atoms with Crippen LogP contribution in [0.25, 0.3) is 5.69 Å². The average Bonchev–Trinajstić information content (AvgIpc) is 3.40. The molecule has 2 aliphatic rings. The predicted molar refractivity (Wildman–Crippen MR) is 117 cm³/mol. The Morgan fingerprint density at radius 1 is 1.16 bits per heavy atom. The van der Waals surface area contributed by atoms with Gasteiger partial charge in [-0.05, 0) is 44.9 Å². The molecule has 1 saturated heterocycles. The van der Waals surface area contributed by atoms with Gasteiger partial charge in [0.2, 0.25) is 0 Å². The molecule has 2 aliphatic heterocycles. The molecule has 0 bridgehead atoms. The minimum absolute atomic E-state index is 0.0294. The number of fused-ring (bicyclic) bond motifs is 1. The summed E-state index contributed by atoms with van der Waals surface area (Å²) in [5.41, 5.74) is 1.82. The second-order valence-corrected chi connectivity index (χ2v) is 8.55. The largest absolute Gasteiger partial charge is 0.451 e. The van der Waals surface area contributed by atoms with Crippen LogP contribution in [0.15, 0.2) is 48.9 Å². The number of carbonyl (C=O) groups excluding carboxylic acids is 2. The topological polar surface area (TPSA) is 102 Å². The molecule has 9 nitrogen and oxygen atoms in total. The van der Waals surface area contributed by atoms with Crippen LogP contribution in [0.2, 0.25) is 0 Å². The third-order valence-corrected chi connectivity index (χ3v) is 5.97.